The molecule has 33 heavy (non-hydrogen) atoms. The van der Waals surface area contributed by atoms with Gasteiger partial charge in [-0.1, -0.05) is 79.8 Å². The number of nitrogens with one attached hydrogen (secondary N) is 1. The van der Waals surface area contributed by atoms with E-state index >= 15 is 0 Å². The number of para-hydroxylation sites is 1. The molecule has 9 heteroatoms. The van der Waals surface area contributed by atoms with Crippen LogP contribution in [0.1, 0.15) is 31.7 Å². The Morgan fingerprint density at radius 2 is 1.85 bits per heavy atom. The average Bonchev–Trinajstić information content (AvgIpc) is 3.40. The minimum absolute atomic E-state index is 0.0281. The maximum Gasteiger partial charge on any atom is 0.230 e. The number of benzene rings is 2. The van der Waals surface area contributed by atoms with Gasteiger partial charge in [0, 0.05) is 6.54 Å². The zero-order chi connectivity index (χ0) is 23.0. The Morgan fingerprint density at radius 3 is 2.64 bits per heavy atom. The zero-order valence-electron chi connectivity index (χ0n) is 18.7. The number of thioether (sulfide) groups is 2. The molecule has 0 aliphatic heterocycles. The van der Waals surface area contributed by atoms with E-state index in [4.69, 9.17) is 4.98 Å². The summed E-state index contributed by atoms with van der Waals surface area (Å²) in [5.41, 5.74) is 2.20. The molecule has 0 saturated heterocycles. The number of hydrogen-bond acceptors (Lipinski definition) is 7. The highest BCUT2D eigenvalue weighted by molar-refractivity contribution is 8.00. The van der Waals surface area contributed by atoms with Crippen LogP contribution in [0.3, 0.4) is 0 Å². The number of aromatic nitrogens is 4. The van der Waals surface area contributed by atoms with Crippen LogP contribution in [0.25, 0.3) is 10.2 Å². The van der Waals surface area contributed by atoms with E-state index in [0.29, 0.717) is 30.5 Å². The summed E-state index contributed by atoms with van der Waals surface area (Å²) < 4.78 is 4.32. The molecule has 1 amide bonds. The fourth-order valence-corrected chi connectivity index (χ4v) is 5.97. The van der Waals surface area contributed by atoms with E-state index < -0.39 is 0 Å². The van der Waals surface area contributed by atoms with Gasteiger partial charge in [0.25, 0.3) is 0 Å². The number of carbonyl (C=O) groups is 1. The van der Waals surface area contributed by atoms with Crippen molar-refractivity contribution in [2.24, 2.45) is 5.92 Å². The lowest BCUT2D eigenvalue weighted by molar-refractivity contribution is -0.118. The highest BCUT2D eigenvalue weighted by atomic mass is 32.2. The first-order valence-corrected chi connectivity index (χ1v) is 13.7. The van der Waals surface area contributed by atoms with Gasteiger partial charge in [-0.2, -0.15) is 0 Å². The third-order valence-corrected chi connectivity index (χ3v) is 8.09. The second-order valence-corrected chi connectivity index (χ2v) is 11.2. The first-order valence-electron chi connectivity index (χ1n) is 10.9. The third-order valence-electron chi connectivity index (χ3n) is 4.95. The van der Waals surface area contributed by atoms with Crippen molar-refractivity contribution in [2.45, 2.75) is 42.1 Å². The molecule has 4 rings (SSSR count). The van der Waals surface area contributed by atoms with Crippen LogP contribution in [-0.2, 0) is 17.1 Å². The molecule has 0 fully saturated rings. The van der Waals surface area contributed by atoms with Gasteiger partial charge in [0.05, 0.1) is 28.3 Å². The Morgan fingerprint density at radius 1 is 1.06 bits per heavy atom. The van der Waals surface area contributed by atoms with Crippen molar-refractivity contribution in [3.05, 3.63) is 66.0 Å². The first-order chi connectivity index (χ1) is 16.1. The van der Waals surface area contributed by atoms with E-state index in [-0.39, 0.29) is 5.91 Å². The minimum atomic E-state index is 0.0281. The fraction of sp³-hybridized carbons (Fsp3) is 0.333. The maximum absolute atomic E-state index is 12.3. The molecule has 2 heterocycles. The van der Waals surface area contributed by atoms with Crippen molar-refractivity contribution in [1.82, 2.24) is 25.1 Å². The van der Waals surface area contributed by atoms with Crippen molar-refractivity contribution >= 4 is 51.0 Å². The monoisotopic (exact) mass is 497 g/mol. The lowest BCUT2D eigenvalue weighted by Crippen LogP contribution is -2.27. The zero-order valence-corrected chi connectivity index (χ0v) is 21.2. The molecule has 6 nitrogen and oxygen atoms in total. The number of hydrogen-bond donors (Lipinski definition) is 1. The number of carbonyl (C=O) groups excluding carboxylic acids is 1. The normalized spacial score (nSPS) is 11.4. The van der Waals surface area contributed by atoms with Crippen LogP contribution in [-0.4, -0.2) is 38.0 Å². The van der Waals surface area contributed by atoms with Crippen LogP contribution < -0.4 is 5.32 Å². The smallest absolute Gasteiger partial charge is 0.230 e. The largest absolute Gasteiger partial charge is 0.355 e. The molecule has 1 N–H and O–H groups in total. The Kier molecular flexibility index (Phi) is 8.41. The van der Waals surface area contributed by atoms with Gasteiger partial charge >= 0.3 is 0 Å². The molecule has 0 aliphatic carbocycles. The Hall–Kier alpha value is -2.36. The predicted molar refractivity (Wildman–Crippen MR) is 138 cm³/mol. The van der Waals surface area contributed by atoms with Gasteiger partial charge in [0.15, 0.2) is 9.50 Å². The lowest BCUT2D eigenvalue weighted by atomic mass is 10.1. The predicted octanol–water partition coefficient (Wildman–Crippen LogP) is 5.48. The SMILES string of the molecule is CC(C)CCNC(=O)CSc1nnc(CSc2nc3ccccc3s2)n1Cc1ccccc1. The van der Waals surface area contributed by atoms with Crippen molar-refractivity contribution in [1.29, 1.82) is 0 Å². The van der Waals surface area contributed by atoms with Gasteiger partial charge in [0.1, 0.15) is 5.82 Å². The van der Waals surface area contributed by atoms with Crippen LogP contribution in [0, 0.1) is 5.92 Å². The van der Waals surface area contributed by atoms with Gasteiger partial charge in [-0.25, -0.2) is 4.98 Å². The van der Waals surface area contributed by atoms with Crippen LogP contribution >= 0.6 is 34.9 Å². The average molecular weight is 498 g/mol. The number of amides is 1. The van der Waals surface area contributed by atoms with Crippen molar-refractivity contribution in [3.8, 4) is 0 Å². The lowest BCUT2D eigenvalue weighted by Gasteiger charge is -2.10. The van der Waals surface area contributed by atoms with Gasteiger partial charge < -0.3 is 9.88 Å². The maximum atomic E-state index is 12.3. The summed E-state index contributed by atoms with van der Waals surface area (Å²) in [5, 5.41) is 12.6. The summed E-state index contributed by atoms with van der Waals surface area (Å²) in [6.07, 6.45) is 0.980. The second-order valence-electron chi connectivity index (χ2n) is 8.03. The summed E-state index contributed by atoms with van der Waals surface area (Å²) in [6, 6.07) is 18.4. The van der Waals surface area contributed by atoms with Crippen molar-refractivity contribution in [2.75, 3.05) is 12.3 Å². The van der Waals surface area contributed by atoms with Crippen LogP contribution in [0.5, 0.6) is 0 Å². The van der Waals surface area contributed by atoms with Crippen LogP contribution in [0.15, 0.2) is 64.1 Å². The molecule has 0 bridgehead atoms. The molecule has 4 aromatic rings. The molecule has 2 aromatic heterocycles. The number of fused-ring (bicyclic) bond motifs is 1. The van der Waals surface area contributed by atoms with Gasteiger partial charge in [-0.15, -0.1) is 21.5 Å². The minimum Gasteiger partial charge on any atom is -0.355 e. The Bertz CT molecular complexity index is 1160. The Balaban J connectivity index is 1.45. The molecular formula is C24H27N5OS3. The van der Waals surface area contributed by atoms with Crippen molar-refractivity contribution < 1.29 is 4.79 Å². The van der Waals surface area contributed by atoms with Crippen LogP contribution in [0.2, 0.25) is 0 Å². The molecule has 0 unspecified atom stereocenters. The topological polar surface area (TPSA) is 72.7 Å². The third kappa shape index (κ3) is 6.82. The molecule has 0 radical (unpaired) electrons. The standard InChI is InChI=1S/C24H27N5OS3/c1-17(2)12-13-25-22(30)16-31-23-28-27-21(29(23)14-18-8-4-3-5-9-18)15-32-24-26-19-10-6-7-11-20(19)33-24/h3-11,17H,12-16H2,1-2H3,(H,25,30). The molecule has 0 atom stereocenters. The Labute approximate surface area is 206 Å². The molecule has 0 saturated carbocycles. The summed E-state index contributed by atoms with van der Waals surface area (Å²) in [4.78, 5) is 17.0. The molecular weight excluding hydrogens is 470 g/mol. The quantitative estimate of drug-likeness (QED) is 0.277. The van der Waals surface area contributed by atoms with E-state index in [2.05, 4.69) is 52.1 Å². The fourth-order valence-electron chi connectivity index (χ4n) is 3.18. The number of rotatable bonds is 11. The summed E-state index contributed by atoms with van der Waals surface area (Å²) in [5.74, 6) is 2.48. The van der Waals surface area contributed by atoms with Gasteiger partial charge in [-0.05, 0) is 30.0 Å². The highest BCUT2D eigenvalue weighted by Gasteiger charge is 2.16. The molecule has 172 valence electrons. The number of thiazole rings is 1. The second kappa shape index (κ2) is 11.7. The van der Waals surface area contributed by atoms with E-state index in [1.54, 1.807) is 23.1 Å². The summed E-state index contributed by atoms with van der Waals surface area (Å²) in [7, 11) is 0. The van der Waals surface area contributed by atoms with Crippen LogP contribution in [0.4, 0.5) is 0 Å². The summed E-state index contributed by atoms with van der Waals surface area (Å²) >= 11 is 4.80. The van der Waals surface area contributed by atoms with Crippen molar-refractivity contribution in [3.63, 3.8) is 0 Å². The number of nitrogens with zero attached hydrogens (tertiary/aromatic N) is 4. The van der Waals surface area contributed by atoms with Gasteiger partial charge in [-0.3, -0.25) is 4.79 Å². The van der Waals surface area contributed by atoms with E-state index in [0.717, 1.165) is 27.3 Å². The summed E-state index contributed by atoms with van der Waals surface area (Å²) in [6.45, 7) is 5.68. The molecule has 2 aromatic carbocycles. The molecule has 0 spiro atoms. The van der Waals surface area contributed by atoms with E-state index in [9.17, 15) is 4.79 Å². The highest BCUT2D eigenvalue weighted by Crippen LogP contribution is 2.32. The van der Waals surface area contributed by atoms with E-state index in [1.165, 1.54) is 22.0 Å². The first kappa shape index (κ1) is 23.8. The molecule has 0 aliphatic rings. The van der Waals surface area contributed by atoms with E-state index in [1.807, 2.05) is 36.4 Å². The van der Waals surface area contributed by atoms with Gasteiger partial charge in [0.2, 0.25) is 5.91 Å².